The first-order valence-corrected chi connectivity index (χ1v) is 9.41. The highest BCUT2D eigenvalue weighted by atomic mass is 79.9. The first-order chi connectivity index (χ1) is 10.6. The average molecular weight is 400 g/mol. The molecule has 2 heterocycles. The summed E-state index contributed by atoms with van der Waals surface area (Å²) in [5, 5.41) is 3.49. The molecule has 0 aromatic carbocycles. The molecule has 1 aliphatic rings. The van der Waals surface area contributed by atoms with Crippen molar-refractivity contribution in [2.45, 2.75) is 26.2 Å². The van der Waals surface area contributed by atoms with Crippen molar-refractivity contribution in [2.24, 2.45) is 0 Å². The Bertz CT molecular complexity index is 735. The van der Waals surface area contributed by atoms with Crippen LogP contribution in [0.1, 0.15) is 43.8 Å². The molecule has 22 heavy (non-hydrogen) atoms. The Labute approximate surface area is 144 Å². The van der Waals surface area contributed by atoms with Crippen LogP contribution in [0, 0.1) is 0 Å². The van der Waals surface area contributed by atoms with E-state index in [2.05, 4.69) is 21.2 Å². The van der Waals surface area contributed by atoms with Crippen LogP contribution in [0.15, 0.2) is 15.9 Å². The second kappa shape index (κ2) is 6.52. The van der Waals surface area contributed by atoms with E-state index in [4.69, 9.17) is 4.74 Å². The van der Waals surface area contributed by atoms with Crippen molar-refractivity contribution >= 4 is 55.5 Å². The number of nitrogens with one attached hydrogen (secondary N) is 1. The Morgan fingerprint density at radius 2 is 2.14 bits per heavy atom. The zero-order valence-corrected chi connectivity index (χ0v) is 15.1. The van der Waals surface area contributed by atoms with Gasteiger partial charge >= 0.3 is 5.97 Å². The highest BCUT2D eigenvalue weighted by Gasteiger charge is 2.28. The monoisotopic (exact) mass is 399 g/mol. The second-order valence-corrected chi connectivity index (χ2v) is 8.41. The Hall–Kier alpha value is -1.18. The van der Waals surface area contributed by atoms with Crippen LogP contribution in [0.5, 0.6) is 0 Å². The van der Waals surface area contributed by atoms with Crippen molar-refractivity contribution < 1.29 is 14.3 Å². The van der Waals surface area contributed by atoms with Gasteiger partial charge in [-0.3, -0.25) is 4.79 Å². The molecule has 0 radical (unpaired) electrons. The van der Waals surface area contributed by atoms with Gasteiger partial charge in [-0.1, -0.05) is 0 Å². The second-order valence-electron chi connectivity index (χ2n) is 4.84. The number of ether oxygens (including phenoxy) is 1. The summed E-state index contributed by atoms with van der Waals surface area (Å²) in [6.07, 6.45) is 2.90. The lowest BCUT2D eigenvalue weighted by Gasteiger charge is -2.07. The molecule has 0 spiro atoms. The van der Waals surface area contributed by atoms with E-state index in [0.717, 1.165) is 28.6 Å². The molecule has 1 N–H and O–H groups in total. The molecule has 4 nitrogen and oxygen atoms in total. The SMILES string of the molecule is CCOC(=O)c1c(NC(=O)c2ccc(Br)s2)sc2c1CCC2. The third-order valence-corrected chi connectivity index (χ3v) is 6.25. The molecule has 2 aromatic rings. The summed E-state index contributed by atoms with van der Waals surface area (Å²) in [6, 6.07) is 3.59. The van der Waals surface area contributed by atoms with Crippen molar-refractivity contribution in [1.29, 1.82) is 0 Å². The highest BCUT2D eigenvalue weighted by molar-refractivity contribution is 9.11. The molecule has 0 saturated carbocycles. The smallest absolute Gasteiger partial charge is 0.341 e. The van der Waals surface area contributed by atoms with Gasteiger partial charge < -0.3 is 10.1 Å². The maximum absolute atomic E-state index is 12.3. The third-order valence-electron chi connectivity index (χ3n) is 3.42. The fraction of sp³-hybridized carbons (Fsp3) is 0.333. The van der Waals surface area contributed by atoms with E-state index in [-0.39, 0.29) is 11.9 Å². The van der Waals surface area contributed by atoms with Crippen molar-refractivity contribution in [1.82, 2.24) is 0 Å². The first kappa shape index (κ1) is 15.7. The number of halogens is 1. The number of fused-ring (bicyclic) bond motifs is 1. The Morgan fingerprint density at radius 3 is 2.82 bits per heavy atom. The molecule has 0 bridgehead atoms. The van der Waals surface area contributed by atoms with Crippen LogP contribution in [0.4, 0.5) is 5.00 Å². The minimum absolute atomic E-state index is 0.193. The zero-order valence-electron chi connectivity index (χ0n) is 11.9. The third kappa shape index (κ3) is 2.98. The molecular formula is C15H14BrNO3S2. The van der Waals surface area contributed by atoms with Crippen LogP contribution in [-0.4, -0.2) is 18.5 Å². The van der Waals surface area contributed by atoms with Gasteiger partial charge in [-0.25, -0.2) is 4.79 Å². The minimum Gasteiger partial charge on any atom is -0.462 e. The predicted molar refractivity (Wildman–Crippen MR) is 92.3 cm³/mol. The normalized spacial score (nSPS) is 13.0. The summed E-state index contributed by atoms with van der Waals surface area (Å²) in [6.45, 7) is 2.11. The van der Waals surface area contributed by atoms with Gasteiger partial charge in [-0.15, -0.1) is 22.7 Å². The summed E-state index contributed by atoms with van der Waals surface area (Å²) in [7, 11) is 0. The number of amides is 1. The average Bonchev–Trinajstić information content (AvgIpc) is 3.14. The number of hydrogen-bond acceptors (Lipinski definition) is 5. The number of carbonyl (C=O) groups excluding carboxylic acids is 2. The molecule has 1 aliphatic carbocycles. The van der Waals surface area contributed by atoms with Crippen molar-refractivity contribution in [3.63, 3.8) is 0 Å². The van der Waals surface area contributed by atoms with E-state index in [1.807, 2.05) is 6.07 Å². The first-order valence-electron chi connectivity index (χ1n) is 6.98. The van der Waals surface area contributed by atoms with Crippen LogP contribution < -0.4 is 5.32 Å². The van der Waals surface area contributed by atoms with Gasteiger partial charge in [-0.05, 0) is 59.8 Å². The number of aryl methyl sites for hydroxylation is 1. The standard InChI is InChI=1S/C15H14BrNO3S2/c1-2-20-15(19)12-8-4-3-5-9(8)22-14(12)17-13(18)10-6-7-11(16)21-10/h6-7H,2-5H2,1H3,(H,17,18). The van der Waals surface area contributed by atoms with Gasteiger partial charge in [0.2, 0.25) is 0 Å². The number of carbonyl (C=O) groups is 2. The van der Waals surface area contributed by atoms with Crippen LogP contribution in [0.25, 0.3) is 0 Å². The lowest BCUT2D eigenvalue weighted by molar-refractivity contribution is 0.0527. The van der Waals surface area contributed by atoms with Gasteiger partial charge in [0.05, 0.1) is 20.8 Å². The molecule has 116 valence electrons. The number of rotatable bonds is 4. The molecular weight excluding hydrogens is 386 g/mol. The lowest BCUT2D eigenvalue weighted by atomic mass is 10.1. The molecule has 2 aromatic heterocycles. The van der Waals surface area contributed by atoms with E-state index >= 15 is 0 Å². The summed E-state index contributed by atoms with van der Waals surface area (Å²) in [4.78, 5) is 26.3. The van der Waals surface area contributed by atoms with Crippen LogP contribution in [-0.2, 0) is 17.6 Å². The highest BCUT2D eigenvalue weighted by Crippen LogP contribution is 2.40. The van der Waals surface area contributed by atoms with Gasteiger partial charge in [0.25, 0.3) is 5.91 Å². The molecule has 1 amide bonds. The summed E-state index contributed by atoms with van der Waals surface area (Å²) in [5.74, 6) is -0.536. The van der Waals surface area contributed by atoms with E-state index in [1.165, 1.54) is 27.6 Å². The fourth-order valence-corrected chi connectivity index (χ4v) is 5.07. The largest absolute Gasteiger partial charge is 0.462 e. The summed E-state index contributed by atoms with van der Waals surface area (Å²) in [5.41, 5.74) is 1.59. The zero-order chi connectivity index (χ0) is 15.7. The van der Waals surface area contributed by atoms with Crippen LogP contribution in [0.2, 0.25) is 0 Å². The van der Waals surface area contributed by atoms with Gasteiger partial charge in [0.15, 0.2) is 0 Å². The van der Waals surface area contributed by atoms with E-state index in [1.54, 1.807) is 13.0 Å². The minimum atomic E-state index is -0.343. The van der Waals surface area contributed by atoms with E-state index in [9.17, 15) is 9.59 Å². The molecule has 0 atom stereocenters. The molecule has 0 aliphatic heterocycles. The predicted octanol–water partition coefficient (Wildman–Crippen LogP) is 4.49. The van der Waals surface area contributed by atoms with E-state index < -0.39 is 0 Å². The topological polar surface area (TPSA) is 55.4 Å². The lowest BCUT2D eigenvalue weighted by Crippen LogP contribution is -2.14. The molecule has 0 fully saturated rings. The number of hydrogen-bond donors (Lipinski definition) is 1. The quantitative estimate of drug-likeness (QED) is 0.770. The number of anilines is 1. The summed E-state index contributed by atoms with van der Waals surface area (Å²) >= 11 is 6.20. The maximum atomic E-state index is 12.3. The molecule has 7 heteroatoms. The van der Waals surface area contributed by atoms with Crippen LogP contribution >= 0.6 is 38.6 Å². The van der Waals surface area contributed by atoms with Gasteiger partial charge in [0.1, 0.15) is 5.00 Å². The Kier molecular flexibility index (Phi) is 4.65. The Balaban J connectivity index is 1.90. The van der Waals surface area contributed by atoms with Crippen molar-refractivity contribution in [2.75, 3.05) is 11.9 Å². The summed E-state index contributed by atoms with van der Waals surface area (Å²) < 4.78 is 6.06. The van der Waals surface area contributed by atoms with Gasteiger partial charge in [0, 0.05) is 4.88 Å². The number of thiophene rings is 2. The maximum Gasteiger partial charge on any atom is 0.341 e. The van der Waals surface area contributed by atoms with Crippen molar-refractivity contribution in [3.05, 3.63) is 36.8 Å². The molecule has 0 unspecified atom stereocenters. The molecule has 3 rings (SSSR count). The van der Waals surface area contributed by atoms with Gasteiger partial charge in [-0.2, -0.15) is 0 Å². The van der Waals surface area contributed by atoms with Crippen LogP contribution in [0.3, 0.4) is 0 Å². The fourth-order valence-electron chi connectivity index (χ4n) is 2.51. The Morgan fingerprint density at radius 1 is 1.32 bits per heavy atom. The van der Waals surface area contributed by atoms with Crippen molar-refractivity contribution in [3.8, 4) is 0 Å². The number of esters is 1. The van der Waals surface area contributed by atoms with E-state index in [0.29, 0.717) is 22.0 Å². The molecule has 0 saturated heterocycles.